The largest absolute Gasteiger partial charge is 0.378 e. The summed E-state index contributed by atoms with van der Waals surface area (Å²) in [6.45, 7) is 5.03. The van der Waals surface area contributed by atoms with E-state index in [0.29, 0.717) is 0 Å². The first-order valence-corrected chi connectivity index (χ1v) is 9.61. The first-order chi connectivity index (χ1) is 13.2. The number of rotatable bonds is 5. The number of guanidine groups is 1. The number of halogens is 2. The zero-order valence-corrected chi connectivity index (χ0v) is 19.5. The van der Waals surface area contributed by atoms with E-state index in [9.17, 15) is 0 Å². The Kier molecular flexibility index (Phi) is 9.34. The SMILES string of the molecule is CN=C(NCc1ccc(N2CCOCC2)cc1)N(C)Cc1ccc(Cl)cc1.I. The lowest BCUT2D eigenvalue weighted by molar-refractivity contribution is 0.122. The van der Waals surface area contributed by atoms with Crippen LogP contribution < -0.4 is 10.2 Å². The fourth-order valence-electron chi connectivity index (χ4n) is 3.15. The van der Waals surface area contributed by atoms with Crippen LogP contribution in [0.3, 0.4) is 0 Å². The summed E-state index contributed by atoms with van der Waals surface area (Å²) in [5.74, 6) is 0.863. The average molecular weight is 515 g/mol. The summed E-state index contributed by atoms with van der Waals surface area (Å²) in [6.07, 6.45) is 0. The Hall–Kier alpha value is -1.51. The van der Waals surface area contributed by atoms with Gasteiger partial charge in [-0.05, 0) is 35.4 Å². The van der Waals surface area contributed by atoms with Gasteiger partial charge < -0.3 is 19.9 Å². The highest BCUT2D eigenvalue weighted by Crippen LogP contribution is 2.17. The van der Waals surface area contributed by atoms with Crippen LogP contribution in [-0.2, 0) is 17.8 Å². The van der Waals surface area contributed by atoms with Crippen LogP contribution in [0.1, 0.15) is 11.1 Å². The number of benzene rings is 2. The molecule has 1 heterocycles. The maximum Gasteiger partial charge on any atom is 0.193 e. The minimum absolute atomic E-state index is 0. The third-order valence-electron chi connectivity index (χ3n) is 4.67. The van der Waals surface area contributed by atoms with Crippen LogP contribution in [0.25, 0.3) is 0 Å². The van der Waals surface area contributed by atoms with Gasteiger partial charge in [0, 0.05) is 51.0 Å². The third kappa shape index (κ3) is 6.53. The van der Waals surface area contributed by atoms with Crippen molar-refractivity contribution in [2.45, 2.75) is 13.1 Å². The number of nitrogens with one attached hydrogen (secondary N) is 1. The second kappa shape index (κ2) is 11.5. The number of aliphatic imine (C=N–C) groups is 1. The van der Waals surface area contributed by atoms with Gasteiger partial charge in [0.15, 0.2) is 5.96 Å². The Balaban J connectivity index is 0.00000280. The van der Waals surface area contributed by atoms with Crippen LogP contribution in [0.5, 0.6) is 0 Å². The normalized spacial score (nSPS) is 14.4. The van der Waals surface area contributed by atoms with E-state index in [2.05, 4.69) is 44.4 Å². The second-order valence-corrected chi connectivity index (χ2v) is 7.09. The molecule has 5 nitrogen and oxygen atoms in total. The van der Waals surface area contributed by atoms with E-state index >= 15 is 0 Å². The van der Waals surface area contributed by atoms with Crippen molar-refractivity contribution >= 4 is 47.2 Å². The second-order valence-electron chi connectivity index (χ2n) is 6.65. The molecular weight excluding hydrogens is 487 g/mol. The predicted octanol–water partition coefficient (Wildman–Crippen LogP) is 4.00. The minimum Gasteiger partial charge on any atom is -0.378 e. The summed E-state index contributed by atoms with van der Waals surface area (Å²) in [5.41, 5.74) is 3.68. The summed E-state index contributed by atoms with van der Waals surface area (Å²) in [5, 5.41) is 4.19. The summed E-state index contributed by atoms with van der Waals surface area (Å²) in [6, 6.07) is 16.6. The summed E-state index contributed by atoms with van der Waals surface area (Å²) < 4.78 is 5.42. The molecule has 28 heavy (non-hydrogen) atoms. The van der Waals surface area contributed by atoms with Gasteiger partial charge in [0.05, 0.1) is 13.2 Å². The van der Waals surface area contributed by atoms with Gasteiger partial charge in [-0.25, -0.2) is 0 Å². The quantitative estimate of drug-likeness (QED) is 0.372. The summed E-state index contributed by atoms with van der Waals surface area (Å²) in [7, 11) is 3.84. The molecule has 0 aliphatic carbocycles. The van der Waals surface area contributed by atoms with Gasteiger partial charge in [-0.2, -0.15) is 0 Å². The smallest absolute Gasteiger partial charge is 0.193 e. The van der Waals surface area contributed by atoms with Gasteiger partial charge in [0.2, 0.25) is 0 Å². The molecule has 0 atom stereocenters. The Morgan fingerprint density at radius 3 is 2.29 bits per heavy atom. The molecular formula is C21H28ClIN4O. The monoisotopic (exact) mass is 514 g/mol. The number of nitrogens with zero attached hydrogens (tertiary/aromatic N) is 3. The van der Waals surface area contributed by atoms with E-state index in [1.54, 1.807) is 0 Å². The zero-order chi connectivity index (χ0) is 19.1. The molecule has 3 rings (SSSR count). The van der Waals surface area contributed by atoms with Crippen molar-refractivity contribution in [3.05, 3.63) is 64.7 Å². The van der Waals surface area contributed by atoms with Crippen LogP contribution in [0, 0.1) is 0 Å². The van der Waals surface area contributed by atoms with Crippen LogP contribution in [0.15, 0.2) is 53.5 Å². The lowest BCUT2D eigenvalue weighted by atomic mass is 10.2. The van der Waals surface area contributed by atoms with Gasteiger partial charge in [0.1, 0.15) is 0 Å². The van der Waals surface area contributed by atoms with E-state index in [1.807, 2.05) is 38.4 Å². The molecule has 1 fully saturated rings. The standard InChI is InChI=1S/C21H27ClN4O.HI/c1-23-21(25(2)16-18-3-7-19(22)8-4-18)24-15-17-5-9-20(10-6-17)26-11-13-27-14-12-26;/h3-10H,11-16H2,1-2H3,(H,23,24);1H. The molecule has 1 aliphatic rings. The molecule has 1 N–H and O–H groups in total. The van der Waals surface area contributed by atoms with Crippen LogP contribution in [-0.4, -0.2) is 51.3 Å². The van der Waals surface area contributed by atoms with Crippen molar-refractivity contribution in [1.29, 1.82) is 0 Å². The Labute approximate surface area is 189 Å². The molecule has 0 bridgehead atoms. The summed E-state index contributed by atoms with van der Waals surface area (Å²) >= 11 is 5.96. The molecule has 2 aromatic carbocycles. The number of hydrogen-bond acceptors (Lipinski definition) is 3. The Morgan fingerprint density at radius 1 is 1.07 bits per heavy atom. The van der Waals surface area contributed by atoms with Crippen molar-refractivity contribution in [2.24, 2.45) is 4.99 Å². The molecule has 0 unspecified atom stereocenters. The van der Waals surface area contributed by atoms with Crippen molar-refractivity contribution in [2.75, 3.05) is 45.3 Å². The van der Waals surface area contributed by atoms with Crippen molar-refractivity contribution in [3.8, 4) is 0 Å². The van der Waals surface area contributed by atoms with E-state index in [4.69, 9.17) is 16.3 Å². The average Bonchev–Trinajstić information content (AvgIpc) is 2.71. The molecule has 7 heteroatoms. The van der Waals surface area contributed by atoms with E-state index < -0.39 is 0 Å². The molecule has 0 aromatic heterocycles. The minimum atomic E-state index is 0. The number of anilines is 1. The van der Waals surface area contributed by atoms with E-state index in [1.165, 1.54) is 16.8 Å². The number of morpholine rings is 1. The highest BCUT2D eigenvalue weighted by Gasteiger charge is 2.11. The lowest BCUT2D eigenvalue weighted by Crippen LogP contribution is -2.38. The summed E-state index contributed by atoms with van der Waals surface area (Å²) in [4.78, 5) is 8.85. The molecule has 0 spiro atoms. The van der Waals surface area contributed by atoms with Crippen LogP contribution >= 0.6 is 35.6 Å². The molecule has 0 saturated carbocycles. The fraction of sp³-hybridized carbons (Fsp3) is 0.381. The zero-order valence-electron chi connectivity index (χ0n) is 16.4. The maximum absolute atomic E-state index is 5.96. The van der Waals surface area contributed by atoms with E-state index in [0.717, 1.165) is 50.4 Å². The highest BCUT2D eigenvalue weighted by molar-refractivity contribution is 14.0. The van der Waals surface area contributed by atoms with Crippen molar-refractivity contribution < 1.29 is 4.74 Å². The van der Waals surface area contributed by atoms with Gasteiger partial charge in [-0.3, -0.25) is 4.99 Å². The molecule has 1 saturated heterocycles. The van der Waals surface area contributed by atoms with Gasteiger partial charge in [-0.15, -0.1) is 24.0 Å². The molecule has 152 valence electrons. The molecule has 0 amide bonds. The molecule has 0 radical (unpaired) electrons. The van der Waals surface area contributed by atoms with Gasteiger partial charge in [0.25, 0.3) is 0 Å². The number of ether oxygens (including phenoxy) is 1. The first kappa shape index (κ1) is 22.8. The topological polar surface area (TPSA) is 40.1 Å². The van der Waals surface area contributed by atoms with Crippen LogP contribution in [0.2, 0.25) is 5.02 Å². The third-order valence-corrected chi connectivity index (χ3v) is 4.92. The number of hydrogen-bond donors (Lipinski definition) is 1. The Bertz CT molecular complexity index is 746. The van der Waals surface area contributed by atoms with Crippen molar-refractivity contribution in [3.63, 3.8) is 0 Å². The highest BCUT2D eigenvalue weighted by atomic mass is 127. The first-order valence-electron chi connectivity index (χ1n) is 9.23. The van der Waals surface area contributed by atoms with Crippen molar-refractivity contribution in [1.82, 2.24) is 10.2 Å². The van der Waals surface area contributed by atoms with Gasteiger partial charge >= 0.3 is 0 Å². The van der Waals surface area contributed by atoms with Crippen LogP contribution in [0.4, 0.5) is 5.69 Å². The van der Waals surface area contributed by atoms with E-state index in [-0.39, 0.29) is 24.0 Å². The maximum atomic E-state index is 5.96. The molecule has 2 aromatic rings. The lowest BCUT2D eigenvalue weighted by Gasteiger charge is -2.29. The molecule has 1 aliphatic heterocycles. The fourth-order valence-corrected chi connectivity index (χ4v) is 3.28. The van der Waals surface area contributed by atoms with Gasteiger partial charge in [-0.1, -0.05) is 35.9 Å². The predicted molar refractivity (Wildman–Crippen MR) is 128 cm³/mol. The Morgan fingerprint density at radius 2 is 1.68 bits per heavy atom.